The summed E-state index contributed by atoms with van der Waals surface area (Å²) < 4.78 is 0. The third-order valence-corrected chi connectivity index (χ3v) is 5.25. The van der Waals surface area contributed by atoms with Gasteiger partial charge in [0, 0.05) is 16.3 Å². The highest BCUT2D eigenvalue weighted by Gasteiger charge is 2.09. The second-order valence-electron chi connectivity index (χ2n) is 5.79. The molecule has 0 fully saturated rings. The lowest BCUT2D eigenvalue weighted by Gasteiger charge is -2.14. The third kappa shape index (κ3) is 6.21. The number of aryl methyl sites for hydroxylation is 1. The van der Waals surface area contributed by atoms with Crippen molar-refractivity contribution in [3.8, 4) is 0 Å². The number of nitrogens with one attached hydrogen (secondary N) is 1. The van der Waals surface area contributed by atoms with Crippen LogP contribution < -0.4 is 5.32 Å². The zero-order chi connectivity index (χ0) is 17.4. The van der Waals surface area contributed by atoms with Gasteiger partial charge in [-0.2, -0.15) is 0 Å². The van der Waals surface area contributed by atoms with Crippen molar-refractivity contribution in [2.24, 2.45) is 0 Å². The SMILES string of the molecule is CCc1ccc([C@H](C)NC(=O)CCCSc2ccc(Cl)cc2)cc1. The summed E-state index contributed by atoms with van der Waals surface area (Å²) >= 11 is 7.62. The molecule has 0 aromatic heterocycles. The van der Waals surface area contributed by atoms with Crippen molar-refractivity contribution in [2.45, 2.75) is 44.0 Å². The Morgan fingerprint density at radius 2 is 1.79 bits per heavy atom. The minimum absolute atomic E-state index is 0.0484. The quantitative estimate of drug-likeness (QED) is 0.486. The van der Waals surface area contributed by atoms with Gasteiger partial charge < -0.3 is 5.32 Å². The normalized spacial score (nSPS) is 12.0. The van der Waals surface area contributed by atoms with E-state index in [0.717, 1.165) is 29.2 Å². The first-order valence-corrected chi connectivity index (χ1v) is 9.71. The molecule has 0 heterocycles. The third-order valence-electron chi connectivity index (χ3n) is 3.90. The van der Waals surface area contributed by atoms with Gasteiger partial charge in [0.25, 0.3) is 0 Å². The molecule has 0 radical (unpaired) electrons. The average Bonchev–Trinajstić information content (AvgIpc) is 2.60. The van der Waals surface area contributed by atoms with E-state index in [1.165, 1.54) is 10.5 Å². The highest BCUT2D eigenvalue weighted by molar-refractivity contribution is 7.99. The maximum Gasteiger partial charge on any atom is 0.220 e. The summed E-state index contributed by atoms with van der Waals surface area (Å²) in [4.78, 5) is 13.3. The standard InChI is InChI=1S/C20H24ClNOS/c1-3-16-6-8-17(9-7-16)15(2)22-20(23)5-4-14-24-19-12-10-18(21)11-13-19/h6-13,15H,3-5,14H2,1-2H3,(H,22,23)/t15-/m0/s1. The molecule has 2 aromatic rings. The molecule has 24 heavy (non-hydrogen) atoms. The zero-order valence-corrected chi connectivity index (χ0v) is 15.8. The zero-order valence-electron chi connectivity index (χ0n) is 14.2. The van der Waals surface area contributed by atoms with Gasteiger partial charge in [0.2, 0.25) is 5.91 Å². The Morgan fingerprint density at radius 3 is 2.42 bits per heavy atom. The fraction of sp³-hybridized carbons (Fsp3) is 0.350. The number of amides is 1. The van der Waals surface area contributed by atoms with Crippen molar-refractivity contribution in [1.82, 2.24) is 5.32 Å². The maximum atomic E-state index is 12.1. The van der Waals surface area contributed by atoms with E-state index < -0.39 is 0 Å². The van der Waals surface area contributed by atoms with E-state index in [9.17, 15) is 4.79 Å². The van der Waals surface area contributed by atoms with Gasteiger partial charge >= 0.3 is 0 Å². The monoisotopic (exact) mass is 361 g/mol. The summed E-state index contributed by atoms with van der Waals surface area (Å²) in [5, 5.41) is 3.82. The first-order valence-electron chi connectivity index (χ1n) is 8.35. The van der Waals surface area contributed by atoms with Crippen LogP contribution in [0.15, 0.2) is 53.4 Å². The second kappa shape index (κ2) is 9.75. The van der Waals surface area contributed by atoms with E-state index in [1.54, 1.807) is 11.8 Å². The molecular formula is C20H24ClNOS. The summed E-state index contributed by atoms with van der Waals surface area (Å²) in [5.41, 5.74) is 2.47. The Balaban J connectivity index is 1.69. The van der Waals surface area contributed by atoms with Crippen molar-refractivity contribution < 1.29 is 4.79 Å². The first-order chi connectivity index (χ1) is 11.6. The van der Waals surface area contributed by atoms with Gasteiger partial charge in [-0.1, -0.05) is 42.8 Å². The molecule has 2 aromatic carbocycles. The molecule has 1 atom stereocenters. The van der Waals surface area contributed by atoms with Gasteiger partial charge in [0.15, 0.2) is 0 Å². The summed E-state index contributed by atoms with van der Waals surface area (Å²) in [6.07, 6.45) is 2.45. The predicted molar refractivity (Wildman–Crippen MR) is 104 cm³/mol. The van der Waals surface area contributed by atoms with Crippen molar-refractivity contribution in [3.63, 3.8) is 0 Å². The highest BCUT2D eigenvalue weighted by Crippen LogP contribution is 2.21. The van der Waals surface area contributed by atoms with Crippen molar-refractivity contribution in [3.05, 3.63) is 64.7 Å². The molecule has 0 aliphatic rings. The number of carbonyl (C=O) groups excluding carboxylic acids is 1. The summed E-state index contributed by atoms with van der Waals surface area (Å²) in [5.74, 6) is 1.04. The van der Waals surface area contributed by atoms with E-state index in [2.05, 4.69) is 36.5 Å². The number of rotatable bonds is 8. The van der Waals surface area contributed by atoms with Gasteiger partial charge in [-0.25, -0.2) is 0 Å². The lowest BCUT2D eigenvalue weighted by molar-refractivity contribution is -0.121. The number of hydrogen-bond acceptors (Lipinski definition) is 2. The second-order valence-corrected chi connectivity index (χ2v) is 7.40. The van der Waals surface area contributed by atoms with Crippen LogP contribution >= 0.6 is 23.4 Å². The van der Waals surface area contributed by atoms with Crippen LogP contribution in [0.5, 0.6) is 0 Å². The molecule has 0 bridgehead atoms. The molecule has 1 N–H and O–H groups in total. The molecule has 0 unspecified atom stereocenters. The van der Waals surface area contributed by atoms with Crippen LogP contribution in [0.3, 0.4) is 0 Å². The molecule has 0 aliphatic heterocycles. The van der Waals surface area contributed by atoms with Crippen LogP contribution in [0.25, 0.3) is 0 Å². The molecule has 0 saturated heterocycles. The Hall–Kier alpha value is -1.45. The molecule has 1 amide bonds. The molecule has 128 valence electrons. The topological polar surface area (TPSA) is 29.1 Å². The molecule has 2 nitrogen and oxygen atoms in total. The molecule has 2 rings (SSSR count). The largest absolute Gasteiger partial charge is 0.350 e. The van der Waals surface area contributed by atoms with Crippen LogP contribution in [0.1, 0.15) is 43.9 Å². The number of hydrogen-bond donors (Lipinski definition) is 1. The predicted octanol–water partition coefficient (Wildman–Crippen LogP) is 5.65. The number of halogens is 1. The fourth-order valence-corrected chi connectivity index (χ4v) is 3.37. The fourth-order valence-electron chi connectivity index (χ4n) is 2.39. The van der Waals surface area contributed by atoms with E-state index in [-0.39, 0.29) is 11.9 Å². The molecule has 4 heteroatoms. The Morgan fingerprint density at radius 1 is 1.12 bits per heavy atom. The van der Waals surface area contributed by atoms with Crippen molar-refractivity contribution >= 4 is 29.3 Å². The molecule has 0 spiro atoms. The van der Waals surface area contributed by atoms with Crippen LogP contribution in [0, 0.1) is 0 Å². The van der Waals surface area contributed by atoms with Crippen LogP contribution in [0.2, 0.25) is 5.02 Å². The Kier molecular flexibility index (Phi) is 7.67. The van der Waals surface area contributed by atoms with Crippen LogP contribution in [-0.2, 0) is 11.2 Å². The van der Waals surface area contributed by atoms with Gasteiger partial charge in [-0.05, 0) is 60.9 Å². The van der Waals surface area contributed by atoms with Crippen molar-refractivity contribution in [2.75, 3.05) is 5.75 Å². The molecule has 0 aliphatic carbocycles. The van der Waals surface area contributed by atoms with E-state index >= 15 is 0 Å². The van der Waals surface area contributed by atoms with Gasteiger partial charge in [-0.15, -0.1) is 11.8 Å². The van der Waals surface area contributed by atoms with Gasteiger partial charge in [-0.3, -0.25) is 4.79 Å². The Labute approximate surface area is 154 Å². The van der Waals surface area contributed by atoms with E-state index in [4.69, 9.17) is 11.6 Å². The minimum Gasteiger partial charge on any atom is -0.350 e. The number of carbonyl (C=O) groups is 1. The first kappa shape index (κ1) is 18.9. The lowest BCUT2D eigenvalue weighted by atomic mass is 10.0. The van der Waals surface area contributed by atoms with E-state index in [0.29, 0.717) is 6.42 Å². The smallest absolute Gasteiger partial charge is 0.220 e. The lowest BCUT2D eigenvalue weighted by Crippen LogP contribution is -2.26. The maximum absolute atomic E-state index is 12.1. The average molecular weight is 362 g/mol. The summed E-state index contributed by atoms with van der Waals surface area (Å²) in [6.45, 7) is 4.17. The summed E-state index contributed by atoms with van der Waals surface area (Å²) in [7, 11) is 0. The summed E-state index contributed by atoms with van der Waals surface area (Å²) in [6, 6.07) is 16.3. The molecular weight excluding hydrogens is 338 g/mol. The number of benzene rings is 2. The molecule has 0 saturated carbocycles. The number of thioether (sulfide) groups is 1. The van der Waals surface area contributed by atoms with Gasteiger partial charge in [0.1, 0.15) is 0 Å². The minimum atomic E-state index is 0.0484. The van der Waals surface area contributed by atoms with E-state index in [1.807, 2.05) is 31.2 Å². The Bertz CT molecular complexity index is 640. The van der Waals surface area contributed by atoms with Crippen LogP contribution in [0.4, 0.5) is 0 Å². The van der Waals surface area contributed by atoms with Gasteiger partial charge in [0.05, 0.1) is 6.04 Å². The van der Waals surface area contributed by atoms with Crippen LogP contribution in [-0.4, -0.2) is 11.7 Å². The highest BCUT2D eigenvalue weighted by atomic mass is 35.5. The van der Waals surface area contributed by atoms with Crippen molar-refractivity contribution in [1.29, 1.82) is 0 Å².